The van der Waals surface area contributed by atoms with Crippen LogP contribution in [0, 0.1) is 5.92 Å². The van der Waals surface area contributed by atoms with Crippen molar-refractivity contribution in [3.8, 4) is 0 Å². The van der Waals surface area contributed by atoms with Gasteiger partial charge in [-0.05, 0) is 36.2 Å². The van der Waals surface area contributed by atoms with E-state index in [0.717, 1.165) is 17.8 Å². The van der Waals surface area contributed by atoms with Crippen LogP contribution in [-0.2, 0) is 28.9 Å². The van der Waals surface area contributed by atoms with Crippen LogP contribution in [0.4, 0.5) is 13.2 Å². The summed E-state index contributed by atoms with van der Waals surface area (Å²) in [5, 5.41) is 2.81. The average molecular weight is 391 g/mol. The van der Waals surface area contributed by atoms with Gasteiger partial charge < -0.3 is 10.2 Å². The van der Waals surface area contributed by atoms with Gasteiger partial charge in [0.25, 0.3) is 0 Å². The largest absolute Gasteiger partial charge is 0.416 e. The summed E-state index contributed by atoms with van der Waals surface area (Å²) in [5.41, 5.74) is 0.361. The minimum atomic E-state index is -4.43. The highest BCUT2D eigenvalue weighted by molar-refractivity contribution is 5.83. The molecule has 0 bridgehead atoms. The Kier molecular flexibility index (Phi) is 5.96. The van der Waals surface area contributed by atoms with Gasteiger partial charge in [0.2, 0.25) is 11.8 Å². The quantitative estimate of drug-likeness (QED) is 0.852. The molecule has 0 radical (unpaired) electrons. The zero-order valence-corrected chi connectivity index (χ0v) is 15.1. The van der Waals surface area contributed by atoms with Crippen molar-refractivity contribution >= 4 is 11.8 Å². The van der Waals surface area contributed by atoms with Gasteiger partial charge in [0.1, 0.15) is 0 Å². The van der Waals surface area contributed by atoms with Gasteiger partial charge in [-0.1, -0.05) is 18.2 Å². The van der Waals surface area contributed by atoms with E-state index in [1.807, 2.05) is 6.07 Å². The highest BCUT2D eigenvalue weighted by atomic mass is 19.4. The molecule has 5 nitrogen and oxygen atoms in total. The summed E-state index contributed by atoms with van der Waals surface area (Å²) in [6, 6.07) is 10.3. The smallest absolute Gasteiger partial charge is 0.350 e. The lowest BCUT2D eigenvalue weighted by Gasteiger charge is -2.32. The molecule has 0 aliphatic carbocycles. The number of benzene rings is 1. The lowest BCUT2D eigenvalue weighted by Crippen LogP contribution is -2.45. The van der Waals surface area contributed by atoms with E-state index in [2.05, 4.69) is 10.3 Å². The molecule has 1 aliphatic rings. The molecule has 2 heterocycles. The van der Waals surface area contributed by atoms with Crippen molar-refractivity contribution < 1.29 is 22.8 Å². The first-order valence-electron chi connectivity index (χ1n) is 8.94. The highest BCUT2D eigenvalue weighted by Crippen LogP contribution is 2.30. The number of carbonyl (C=O) groups excluding carboxylic acids is 2. The summed E-state index contributed by atoms with van der Waals surface area (Å²) in [7, 11) is 0. The summed E-state index contributed by atoms with van der Waals surface area (Å²) in [5.74, 6) is -0.745. The van der Waals surface area contributed by atoms with Crippen LogP contribution in [0.2, 0.25) is 0 Å². The van der Waals surface area contributed by atoms with Crippen molar-refractivity contribution in [3.05, 3.63) is 65.5 Å². The van der Waals surface area contributed by atoms with Crippen molar-refractivity contribution in [2.45, 2.75) is 32.1 Å². The number of hydrogen-bond donors (Lipinski definition) is 1. The standard InChI is InChI=1S/C20H20F3N3O2/c21-20(22,23)16-5-3-4-14(10-16)12-26-13-15(7-8-18(26)27)19(28)25-11-17-6-1-2-9-24-17/h1-6,9-10,15H,7-8,11-13H2,(H,25,28)/t15-/m1/s1. The number of pyridine rings is 1. The summed E-state index contributed by atoms with van der Waals surface area (Å²) >= 11 is 0. The second-order valence-corrected chi connectivity index (χ2v) is 6.75. The molecule has 1 aromatic heterocycles. The van der Waals surface area contributed by atoms with Crippen molar-refractivity contribution in [1.82, 2.24) is 15.2 Å². The third-order valence-corrected chi connectivity index (χ3v) is 4.67. The number of halogens is 3. The molecule has 1 N–H and O–H groups in total. The van der Waals surface area contributed by atoms with E-state index in [1.165, 1.54) is 11.0 Å². The van der Waals surface area contributed by atoms with Crippen LogP contribution in [0.1, 0.15) is 29.7 Å². The molecule has 1 aliphatic heterocycles. The van der Waals surface area contributed by atoms with E-state index in [9.17, 15) is 22.8 Å². The number of hydrogen-bond acceptors (Lipinski definition) is 3. The van der Waals surface area contributed by atoms with Crippen molar-refractivity contribution in [2.75, 3.05) is 6.54 Å². The number of nitrogens with one attached hydrogen (secondary N) is 1. The molecule has 148 valence electrons. The molecule has 8 heteroatoms. The molecule has 2 amide bonds. The number of carbonyl (C=O) groups is 2. The van der Waals surface area contributed by atoms with E-state index in [0.29, 0.717) is 12.0 Å². The number of alkyl halides is 3. The normalized spacial score (nSPS) is 17.5. The van der Waals surface area contributed by atoms with E-state index >= 15 is 0 Å². The molecule has 0 spiro atoms. The van der Waals surface area contributed by atoms with E-state index in [4.69, 9.17) is 0 Å². The Hall–Kier alpha value is -2.90. The molecular weight excluding hydrogens is 371 g/mol. The third-order valence-electron chi connectivity index (χ3n) is 4.67. The lowest BCUT2D eigenvalue weighted by molar-refractivity contribution is -0.139. The summed E-state index contributed by atoms with van der Waals surface area (Å²) in [6.45, 7) is 0.521. The van der Waals surface area contributed by atoms with Crippen LogP contribution in [-0.4, -0.2) is 28.2 Å². The number of amides is 2. The monoisotopic (exact) mass is 391 g/mol. The second-order valence-electron chi connectivity index (χ2n) is 6.75. The summed E-state index contributed by atoms with van der Waals surface area (Å²) < 4.78 is 38.6. The zero-order chi connectivity index (χ0) is 20.1. The predicted octanol–water partition coefficient (Wildman–Crippen LogP) is 3.16. The van der Waals surface area contributed by atoms with E-state index < -0.39 is 17.7 Å². The maximum absolute atomic E-state index is 12.9. The molecule has 28 heavy (non-hydrogen) atoms. The fourth-order valence-corrected chi connectivity index (χ4v) is 3.17. The maximum atomic E-state index is 12.9. The molecule has 3 rings (SSSR count). The molecule has 0 saturated carbocycles. The van der Waals surface area contributed by atoms with Gasteiger partial charge >= 0.3 is 6.18 Å². The summed E-state index contributed by atoms with van der Waals surface area (Å²) in [4.78, 5) is 30.2. The minimum Gasteiger partial charge on any atom is -0.350 e. The fraction of sp³-hybridized carbons (Fsp3) is 0.350. The summed E-state index contributed by atoms with van der Waals surface area (Å²) in [6.07, 6.45) is -2.18. The molecule has 0 unspecified atom stereocenters. The van der Waals surface area contributed by atoms with Crippen LogP contribution in [0.15, 0.2) is 48.7 Å². The van der Waals surface area contributed by atoms with Gasteiger partial charge in [0.05, 0.1) is 23.7 Å². The van der Waals surface area contributed by atoms with Gasteiger partial charge in [0, 0.05) is 25.7 Å². The first-order chi connectivity index (χ1) is 13.3. The fourth-order valence-electron chi connectivity index (χ4n) is 3.17. The first kappa shape index (κ1) is 19.9. The SMILES string of the molecule is O=C(NCc1ccccn1)[C@@H]1CCC(=O)N(Cc2cccc(C(F)(F)F)c2)C1. The van der Waals surface area contributed by atoms with Crippen molar-refractivity contribution in [2.24, 2.45) is 5.92 Å². The zero-order valence-electron chi connectivity index (χ0n) is 15.1. The Morgan fingerprint density at radius 3 is 2.75 bits per heavy atom. The predicted molar refractivity (Wildman–Crippen MR) is 95.7 cm³/mol. The topological polar surface area (TPSA) is 62.3 Å². The Morgan fingerprint density at radius 2 is 2.04 bits per heavy atom. The molecule has 1 fully saturated rings. The second kappa shape index (κ2) is 8.41. The Morgan fingerprint density at radius 1 is 1.21 bits per heavy atom. The average Bonchev–Trinajstić information content (AvgIpc) is 2.68. The number of aromatic nitrogens is 1. The van der Waals surface area contributed by atoms with Crippen molar-refractivity contribution in [1.29, 1.82) is 0 Å². The Bertz CT molecular complexity index is 840. The third kappa shape index (κ3) is 5.09. The van der Waals surface area contributed by atoms with Crippen LogP contribution >= 0.6 is 0 Å². The van der Waals surface area contributed by atoms with Gasteiger partial charge in [0.15, 0.2) is 0 Å². The van der Waals surface area contributed by atoms with Crippen LogP contribution in [0.3, 0.4) is 0 Å². The van der Waals surface area contributed by atoms with E-state index in [-0.39, 0.29) is 37.9 Å². The van der Waals surface area contributed by atoms with Gasteiger partial charge in [-0.2, -0.15) is 13.2 Å². The van der Waals surface area contributed by atoms with Gasteiger partial charge in [-0.25, -0.2) is 0 Å². The lowest BCUT2D eigenvalue weighted by atomic mass is 9.96. The van der Waals surface area contributed by atoms with Crippen LogP contribution < -0.4 is 5.32 Å². The maximum Gasteiger partial charge on any atom is 0.416 e. The Labute approximate surface area is 160 Å². The first-order valence-corrected chi connectivity index (χ1v) is 8.94. The van der Waals surface area contributed by atoms with Crippen molar-refractivity contribution in [3.63, 3.8) is 0 Å². The van der Waals surface area contributed by atoms with Gasteiger partial charge in [-0.15, -0.1) is 0 Å². The molecule has 1 aromatic carbocycles. The number of rotatable bonds is 5. The minimum absolute atomic E-state index is 0.0484. The van der Waals surface area contributed by atoms with E-state index in [1.54, 1.807) is 24.4 Å². The molecule has 2 aromatic rings. The molecular formula is C20H20F3N3O2. The highest BCUT2D eigenvalue weighted by Gasteiger charge is 2.32. The number of nitrogens with zero attached hydrogens (tertiary/aromatic N) is 2. The molecule has 1 atom stereocenters. The number of piperidine rings is 1. The van der Waals surface area contributed by atoms with Crippen LogP contribution in [0.5, 0.6) is 0 Å². The number of likely N-dealkylation sites (tertiary alicyclic amines) is 1. The Balaban J connectivity index is 1.61. The molecule has 1 saturated heterocycles. The van der Waals surface area contributed by atoms with Gasteiger partial charge in [-0.3, -0.25) is 14.6 Å². The van der Waals surface area contributed by atoms with Crippen LogP contribution in [0.25, 0.3) is 0 Å².